The van der Waals surface area contributed by atoms with Gasteiger partial charge in [0.05, 0.1) is 6.10 Å². The lowest BCUT2D eigenvalue weighted by Crippen LogP contribution is -2.35. The predicted octanol–water partition coefficient (Wildman–Crippen LogP) is 2.59. The highest BCUT2D eigenvalue weighted by Gasteiger charge is 2.24. The Morgan fingerprint density at radius 1 is 1.44 bits per heavy atom. The summed E-state index contributed by atoms with van der Waals surface area (Å²) in [6.45, 7) is 0.655. The molecule has 0 saturated heterocycles. The largest absolute Gasteiger partial charge is 0.392 e. The molecule has 0 amide bonds. The molecule has 1 fully saturated rings. The highest BCUT2D eigenvalue weighted by Crippen LogP contribution is 2.21. The van der Waals surface area contributed by atoms with Crippen LogP contribution in [0.1, 0.15) is 24.8 Å². The standard InChI is InChI=1S/C12H15BrFNO/c13-10-6-9(14)5-4-8(10)7-15-11-2-1-3-12(11)16/h4-6,11-12,15-16H,1-3,7H2. The molecule has 1 aliphatic carbocycles. The van der Waals surface area contributed by atoms with E-state index in [9.17, 15) is 9.50 Å². The molecule has 0 radical (unpaired) electrons. The Balaban J connectivity index is 1.94. The Kier molecular flexibility index (Phi) is 3.95. The molecule has 2 rings (SSSR count). The molecule has 0 heterocycles. The van der Waals surface area contributed by atoms with Crippen molar-refractivity contribution in [3.8, 4) is 0 Å². The zero-order valence-corrected chi connectivity index (χ0v) is 10.5. The van der Waals surface area contributed by atoms with Crippen molar-refractivity contribution in [1.82, 2.24) is 5.32 Å². The van der Waals surface area contributed by atoms with E-state index in [0.717, 1.165) is 29.3 Å². The number of nitrogens with one attached hydrogen (secondary N) is 1. The number of rotatable bonds is 3. The zero-order chi connectivity index (χ0) is 11.5. The third-order valence-electron chi connectivity index (χ3n) is 3.05. The molecule has 1 aromatic rings. The maximum absolute atomic E-state index is 12.9. The van der Waals surface area contributed by atoms with Crippen molar-refractivity contribution in [2.75, 3.05) is 0 Å². The zero-order valence-electron chi connectivity index (χ0n) is 8.92. The molecule has 88 valence electrons. The van der Waals surface area contributed by atoms with Gasteiger partial charge in [-0.3, -0.25) is 0 Å². The summed E-state index contributed by atoms with van der Waals surface area (Å²) in [5, 5.41) is 13.0. The third kappa shape index (κ3) is 2.81. The second-order valence-corrected chi connectivity index (χ2v) is 5.08. The number of aliphatic hydroxyl groups is 1. The first-order valence-electron chi connectivity index (χ1n) is 5.52. The van der Waals surface area contributed by atoms with E-state index >= 15 is 0 Å². The summed E-state index contributed by atoms with van der Waals surface area (Å²) in [6.07, 6.45) is 2.73. The lowest BCUT2D eigenvalue weighted by molar-refractivity contribution is 0.148. The monoisotopic (exact) mass is 287 g/mol. The van der Waals surface area contributed by atoms with Crippen LogP contribution in [-0.4, -0.2) is 17.3 Å². The number of benzene rings is 1. The van der Waals surface area contributed by atoms with Crippen molar-refractivity contribution in [2.45, 2.75) is 38.0 Å². The number of hydrogen-bond acceptors (Lipinski definition) is 2. The van der Waals surface area contributed by atoms with E-state index in [1.807, 2.05) is 0 Å². The smallest absolute Gasteiger partial charge is 0.124 e. The van der Waals surface area contributed by atoms with Crippen molar-refractivity contribution in [3.63, 3.8) is 0 Å². The Labute approximate surface area is 103 Å². The lowest BCUT2D eigenvalue weighted by atomic mass is 10.1. The lowest BCUT2D eigenvalue weighted by Gasteiger charge is -2.16. The van der Waals surface area contributed by atoms with Crippen LogP contribution < -0.4 is 5.32 Å². The number of halogens is 2. The van der Waals surface area contributed by atoms with E-state index in [-0.39, 0.29) is 18.0 Å². The van der Waals surface area contributed by atoms with Crippen LogP contribution in [0.2, 0.25) is 0 Å². The molecule has 1 aromatic carbocycles. The summed E-state index contributed by atoms with van der Waals surface area (Å²) in [7, 11) is 0. The van der Waals surface area contributed by atoms with Gasteiger partial charge in [0.15, 0.2) is 0 Å². The predicted molar refractivity (Wildman–Crippen MR) is 64.6 cm³/mol. The van der Waals surface area contributed by atoms with Crippen LogP contribution in [0, 0.1) is 5.82 Å². The normalized spacial score (nSPS) is 24.9. The van der Waals surface area contributed by atoms with E-state index in [1.54, 1.807) is 6.07 Å². The van der Waals surface area contributed by atoms with Crippen molar-refractivity contribution in [3.05, 3.63) is 34.1 Å². The highest BCUT2D eigenvalue weighted by molar-refractivity contribution is 9.10. The van der Waals surface area contributed by atoms with Gasteiger partial charge in [-0.1, -0.05) is 22.0 Å². The molecule has 16 heavy (non-hydrogen) atoms. The molecular formula is C12H15BrFNO. The minimum atomic E-state index is -0.239. The van der Waals surface area contributed by atoms with Gasteiger partial charge in [-0.15, -0.1) is 0 Å². The van der Waals surface area contributed by atoms with Gasteiger partial charge in [0.2, 0.25) is 0 Å². The molecule has 2 N–H and O–H groups in total. The molecule has 4 heteroatoms. The van der Waals surface area contributed by atoms with E-state index in [0.29, 0.717) is 6.54 Å². The molecular weight excluding hydrogens is 273 g/mol. The van der Waals surface area contributed by atoms with Crippen molar-refractivity contribution in [1.29, 1.82) is 0 Å². The second kappa shape index (κ2) is 5.25. The quantitative estimate of drug-likeness (QED) is 0.896. The van der Waals surface area contributed by atoms with E-state index < -0.39 is 0 Å². The second-order valence-electron chi connectivity index (χ2n) is 4.22. The maximum atomic E-state index is 12.9. The average molecular weight is 288 g/mol. The summed E-state index contributed by atoms with van der Waals surface area (Å²) < 4.78 is 13.6. The Hall–Kier alpha value is -0.450. The van der Waals surface area contributed by atoms with Gasteiger partial charge in [-0.05, 0) is 37.0 Å². The summed E-state index contributed by atoms with van der Waals surface area (Å²) in [4.78, 5) is 0. The SMILES string of the molecule is OC1CCCC1NCc1ccc(F)cc1Br. The van der Waals surface area contributed by atoms with E-state index in [2.05, 4.69) is 21.2 Å². The van der Waals surface area contributed by atoms with Gasteiger partial charge in [-0.25, -0.2) is 4.39 Å². The molecule has 2 atom stereocenters. The first-order chi connectivity index (χ1) is 7.66. The number of hydrogen-bond donors (Lipinski definition) is 2. The van der Waals surface area contributed by atoms with Crippen molar-refractivity contribution < 1.29 is 9.50 Å². The van der Waals surface area contributed by atoms with Crippen LogP contribution in [0.25, 0.3) is 0 Å². The molecule has 0 spiro atoms. The van der Waals surface area contributed by atoms with Crippen LogP contribution in [-0.2, 0) is 6.54 Å². The molecule has 2 unspecified atom stereocenters. The fourth-order valence-corrected chi connectivity index (χ4v) is 2.58. The van der Waals surface area contributed by atoms with Crippen LogP contribution in [0.15, 0.2) is 22.7 Å². The van der Waals surface area contributed by atoms with Crippen LogP contribution in [0.4, 0.5) is 4.39 Å². The van der Waals surface area contributed by atoms with Gasteiger partial charge >= 0.3 is 0 Å². The molecule has 1 aliphatic rings. The first-order valence-corrected chi connectivity index (χ1v) is 6.31. The maximum Gasteiger partial charge on any atom is 0.124 e. The van der Waals surface area contributed by atoms with E-state index in [4.69, 9.17) is 0 Å². The van der Waals surface area contributed by atoms with Crippen LogP contribution >= 0.6 is 15.9 Å². The first kappa shape index (κ1) is 12.0. The van der Waals surface area contributed by atoms with Crippen molar-refractivity contribution in [2.24, 2.45) is 0 Å². The summed E-state index contributed by atoms with van der Waals surface area (Å²) in [5.41, 5.74) is 1.01. The summed E-state index contributed by atoms with van der Waals surface area (Å²) in [6, 6.07) is 4.85. The van der Waals surface area contributed by atoms with Crippen LogP contribution in [0.5, 0.6) is 0 Å². The molecule has 0 aliphatic heterocycles. The fraction of sp³-hybridized carbons (Fsp3) is 0.500. The van der Waals surface area contributed by atoms with Crippen molar-refractivity contribution >= 4 is 15.9 Å². The minimum absolute atomic E-state index is 0.178. The van der Waals surface area contributed by atoms with Crippen LogP contribution in [0.3, 0.4) is 0 Å². The fourth-order valence-electron chi connectivity index (χ4n) is 2.08. The molecule has 0 aromatic heterocycles. The Morgan fingerprint density at radius 3 is 2.88 bits per heavy atom. The number of aliphatic hydroxyl groups excluding tert-OH is 1. The topological polar surface area (TPSA) is 32.3 Å². The van der Waals surface area contributed by atoms with Gasteiger partial charge in [0.25, 0.3) is 0 Å². The van der Waals surface area contributed by atoms with Gasteiger partial charge in [-0.2, -0.15) is 0 Å². The Bertz CT molecular complexity index is 372. The molecule has 1 saturated carbocycles. The highest BCUT2D eigenvalue weighted by atomic mass is 79.9. The van der Waals surface area contributed by atoms with Gasteiger partial charge in [0.1, 0.15) is 5.82 Å². The Morgan fingerprint density at radius 2 is 2.25 bits per heavy atom. The summed E-state index contributed by atoms with van der Waals surface area (Å²) in [5.74, 6) is -0.239. The summed E-state index contributed by atoms with van der Waals surface area (Å²) >= 11 is 3.33. The molecule has 2 nitrogen and oxygen atoms in total. The van der Waals surface area contributed by atoms with Gasteiger partial charge in [0, 0.05) is 17.1 Å². The third-order valence-corrected chi connectivity index (χ3v) is 3.79. The minimum Gasteiger partial charge on any atom is -0.392 e. The van der Waals surface area contributed by atoms with E-state index in [1.165, 1.54) is 12.1 Å². The average Bonchev–Trinajstić information content (AvgIpc) is 2.63. The molecule has 0 bridgehead atoms. The van der Waals surface area contributed by atoms with Gasteiger partial charge < -0.3 is 10.4 Å².